The predicted molar refractivity (Wildman–Crippen MR) is 68.7 cm³/mol. The van der Waals surface area contributed by atoms with E-state index in [1.165, 1.54) is 18.2 Å². The van der Waals surface area contributed by atoms with Crippen LogP contribution in [0.5, 0.6) is 0 Å². The Balaban J connectivity index is 2.36. The number of aromatic nitrogens is 2. The van der Waals surface area contributed by atoms with Crippen LogP contribution >= 0.6 is 0 Å². The summed E-state index contributed by atoms with van der Waals surface area (Å²) in [5, 5.41) is 11.8. The summed E-state index contributed by atoms with van der Waals surface area (Å²) in [4.78, 5) is 7.75. The highest BCUT2D eigenvalue weighted by Gasteiger charge is 2.06. The summed E-state index contributed by atoms with van der Waals surface area (Å²) in [6.07, 6.45) is 0. The van der Waals surface area contributed by atoms with Crippen LogP contribution in [-0.4, -0.2) is 9.97 Å². The Morgan fingerprint density at radius 1 is 1.21 bits per heavy atom. The van der Waals surface area contributed by atoms with Gasteiger partial charge in [-0.3, -0.25) is 0 Å². The third-order valence-corrected chi connectivity index (χ3v) is 2.26. The number of hydrazine groups is 1. The highest BCUT2D eigenvalue weighted by molar-refractivity contribution is 5.66. The average Bonchev–Trinajstić information content (AvgIpc) is 2.40. The third-order valence-electron chi connectivity index (χ3n) is 2.26. The average molecular weight is 259 g/mol. The standard InChI is InChI=1S/C11H10FN7/c12-7-1-2-8(6(3-7)5-13)16-9-4-10(19-15)18-11(14)17-9/h1-4H,15H2,(H4,14,16,17,18,19). The lowest BCUT2D eigenvalue weighted by Gasteiger charge is -2.09. The molecule has 96 valence electrons. The molecular weight excluding hydrogens is 249 g/mol. The number of halogens is 1. The quantitative estimate of drug-likeness (QED) is 0.480. The summed E-state index contributed by atoms with van der Waals surface area (Å²) in [6, 6.07) is 7.17. The zero-order chi connectivity index (χ0) is 13.8. The predicted octanol–water partition coefficient (Wildman–Crippen LogP) is 1.10. The van der Waals surface area contributed by atoms with Crippen molar-refractivity contribution in [3.05, 3.63) is 35.6 Å². The van der Waals surface area contributed by atoms with Crippen molar-refractivity contribution < 1.29 is 4.39 Å². The Morgan fingerprint density at radius 2 is 1.95 bits per heavy atom. The Bertz CT molecular complexity index is 650. The first-order valence-corrected chi connectivity index (χ1v) is 5.20. The zero-order valence-corrected chi connectivity index (χ0v) is 9.68. The number of nitrogens with two attached hydrogens (primary N) is 2. The topological polar surface area (TPSA) is 126 Å². The summed E-state index contributed by atoms with van der Waals surface area (Å²) in [5.41, 5.74) is 8.40. The fourth-order valence-electron chi connectivity index (χ4n) is 1.46. The second-order valence-corrected chi connectivity index (χ2v) is 3.57. The van der Waals surface area contributed by atoms with Crippen LogP contribution in [-0.2, 0) is 0 Å². The molecule has 0 amide bonds. The van der Waals surface area contributed by atoms with Gasteiger partial charge in [0.05, 0.1) is 11.3 Å². The van der Waals surface area contributed by atoms with Gasteiger partial charge in [0.25, 0.3) is 0 Å². The molecule has 1 aromatic carbocycles. The molecule has 0 saturated heterocycles. The highest BCUT2D eigenvalue weighted by Crippen LogP contribution is 2.21. The van der Waals surface area contributed by atoms with Gasteiger partial charge in [-0.15, -0.1) is 0 Å². The van der Waals surface area contributed by atoms with Crippen molar-refractivity contribution in [2.75, 3.05) is 16.5 Å². The second kappa shape index (κ2) is 5.16. The first-order valence-electron chi connectivity index (χ1n) is 5.20. The fraction of sp³-hybridized carbons (Fsp3) is 0. The molecule has 0 unspecified atom stereocenters. The van der Waals surface area contributed by atoms with E-state index in [1.54, 1.807) is 0 Å². The number of rotatable bonds is 3. The van der Waals surface area contributed by atoms with E-state index in [2.05, 4.69) is 20.7 Å². The van der Waals surface area contributed by atoms with Crippen molar-refractivity contribution >= 4 is 23.3 Å². The minimum Gasteiger partial charge on any atom is -0.368 e. The van der Waals surface area contributed by atoms with Gasteiger partial charge in [0.15, 0.2) is 0 Å². The summed E-state index contributed by atoms with van der Waals surface area (Å²) in [5.74, 6) is 5.40. The molecule has 0 aliphatic rings. The molecule has 7 nitrogen and oxygen atoms in total. The molecule has 6 N–H and O–H groups in total. The van der Waals surface area contributed by atoms with Gasteiger partial charge in [-0.2, -0.15) is 15.2 Å². The van der Waals surface area contributed by atoms with Crippen molar-refractivity contribution in [1.82, 2.24) is 9.97 Å². The van der Waals surface area contributed by atoms with Crippen molar-refractivity contribution in [2.24, 2.45) is 5.84 Å². The van der Waals surface area contributed by atoms with E-state index in [0.717, 1.165) is 6.07 Å². The molecular formula is C11H10FN7. The van der Waals surface area contributed by atoms with Gasteiger partial charge in [-0.05, 0) is 18.2 Å². The van der Waals surface area contributed by atoms with Crippen molar-refractivity contribution in [3.8, 4) is 6.07 Å². The maximum atomic E-state index is 13.0. The lowest BCUT2D eigenvalue weighted by Crippen LogP contribution is -2.11. The molecule has 19 heavy (non-hydrogen) atoms. The van der Waals surface area contributed by atoms with E-state index < -0.39 is 5.82 Å². The monoisotopic (exact) mass is 259 g/mol. The van der Waals surface area contributed by atoms with Gasteiger partial charge in [0.1, 0.15) is 23.5 Å². The van der Waals surface area contributed by atoms with E-state index >= 15 is 0 Å². The van der Waals surface area contributed by atoms with E-state index in [4.69, 9.17) is 16.8 Å². The van der Waals surface area contributed by atoms with Gasteiger partial charge in [-0.25, -0.2) is 10.2 Å². The number of benzene rings is 1. The smallest absolute Gasteiger partial charge is 0.223 e. The maximum Gasteiger partial charge on any atom is 0.223 e. The number of hydrogen-bond donors (Lipinski definition) is 4. The van der Waals surface area contributed by atoms with Crippen LogP contribution in [0.3, 0.4) is 0 Å². The Labute approximate surface area is 108 Å². The van der Waals surface area contributed by atoms with E-state index in [1.807, 2.05) is 6.07 Å². The van der Waals surface area contributed by atoms with Gasteiger partial charge in [0, 0.05) is 6.07 Å². The van der Waals surface area contributed by atoms with E-state index in [0.29, 0.717) is 17.3 Å². The SMILES string of the molecule is N#Cc1cc(F)ccc1Nc1cc(NN)nc(N)n1. The molecule has 0 saturated carbocycles. The lowest BCUT2D eigenvalue weighted by atomic mass is 10.2. The van der Waals surface area contributed by atoms with Crippen LogP contribution in [0.4, 0.5) is 27.7 Å². The van der Waals surface area contributed by atoms with Crippen LogP contribution in [0, 0.1) is 17.1 Å². The van der Waals surface area contributed by atoms with Crippen LogP contribution < -0.4 is 22.3 Å². The largest absolute Gasteiger partial charge is 0.368 e. The van der Waals surface area contributed by atoms with Crippen LogP contribution in [0.2, 0.25) is 0 Å². The van der Waals surface area contributed by atoms with Crippen molar-refractivity contribution in [3.63, 3.8) is 0 Å². The van der Waals surface area contributed by atoms with Crippen LogP contribution in [0.1, 0.15) is 5.56 Å². The first kappa shape index (κ1) is 12.5. The molecule has 0 aliphatic carbocycles. The van der Waals surface area contributed by atoms with Gasteiger partial charge >= 0.3 is 0 Å². The molecule has 0 bridgehead atoms. The van der Waals surface area contributed by atoms with Crippen molar-refractivity contribution in [2.45, 2.75) is 0 Å². The Hall–Kier alpha value is -2.92. The minimum absolute atomic E-state index is 0.0126. The Morgan fingerprint density at radius 3 is 2.63 bits per heavy atom. The molecule has 0 radical (unpaired) electrons. The summed E-state index contributed by atoms with van der Waals surface area (Å²) in [7, 11) is 0. The van der Waals surface area contributed by atoms with Crippen LogP contribution in [0.25, 0.3) is 0 Å². The summed E-state index contributed by atoms with van der Waals surface area (Å²) >= 11 is 0. The Kier molecular flexibility index (Phi) is 3.40. The fourth-order valence-corrected chi connectivity index (χ4v) is 1.46. The molecule has 2 rings (SSSR count). The summed E-state index contributed by atoms with van der Waals surface area (Å²) in [6.45, 7) is 0. The third kappa shape index (κ3) is 2.85. The zero-order valence-electron chi connectivity index (χ0n) is 9.68. The van der Waals surface area contributed by atoms with Gasteiger partial charge < -0.3 is 16.5 Å². The molecule has 0 atom stereocenters. The molecule has 1 aromatic heterocycles. The van der Waals surface area contributed by atoms with E-state index in [-0.39, 0.29) is 11.5 Å². The number of hydrogen-bond acceptors (Lipinski definition) is 7. The van der Waals surface area contributed by atoms with Crippen LogP contribution in [0.15, 0.2) is 24.3 Å². The molecule has 0 fully saturated rings. The molecule has 1 heterocycles. The molecule has 0 spiro atoms. The summed E-state index contributed by atoms with van der Waals surface area (Å²) < 4.78 is 13.0. The second-order valence-electron chi connectivity index (χ2n) is 3.57. The van der Waals surface area contributed by atoms with Gasteiger partial charge in [-0.1, -0.05) is 0 Å². The number of nitrogens with one attached hydrogen (secondary N) is 2. The number of nitrogens with zero attached hydrogens (tertiary/aromatic N) is 3. The number of anilines is 4. The lowest BCUT2D eigenvalue weighted by molar-refractivity contribution is 0.627. The minimum atomic E-state index is -0.492. The maximum absolute atomic E-state index is 13.0. The highest BCUT2D eigenvalue weighted by atomic mass is 19.1. The molecule has 2 aromatic rings. The first-order chi connectivity index (χ1) is 9.12. The molecule has 8 heteroatoms. The normalized spacial score (nSPS) is 9.74. The van der Waals surface area contributed by atoms with Gasteiger partial charge in [0.2, 0.25) is 5.95 Å². The van der Waals surface area contributed by atoms with Crippen molar-refractivity contribution in [1.29, 1.82) is 5.26 Å². The number of nitriles is 1. The molecule has 0 aliphatic heterocycles. The number of nitrogen functional groups attached to an aromatic ring is 2. The van der Waals surface area contributed by atoms with E-state index in [9.17, 15) is 4.39 Å².